The third kappa shape index (κ3) is 20.0. The maximum Gasteiger partial charge on any atom is 0.326 e. The van der Waals surface area contributed by atoms with Crippen LogP contribution in [0.5, 0.6) is 0 Å². The van der Waals surface area contributed by atoms with Crippen LogP contribution in [0.2, 0.25) is 0 Å². The van der Waals surface area contributed by atoms with Crippen LogP contribution in [0.15, 0.2) is 42.5 Å². The predicted octanol–water partition coefficient (Wildman–Crippen LogP) is -1.21. The van der Waals surface area contributed by atoms with Crippen molar-refractivity contribution in [1.82, 2.24) is 47.0 Å². The van der Waals surface area contributed by atoms with E-state index >= 15 is 0 Å². The fraction of sp³-hybridized carbons (Fsp3) is 0.574. The molecule has 5 rings (SSSR count). The van der Waals surface area contributed by atoms with E-state index in [9.17, 15) is 68.4 Å². The fourth-order valence-electron chi connectivity index (χ4n) is 9.12. The average molecular weight is 1010 g/mol. The van der Waals surface area contributed by atoms with Gasteiger partial charge in [-0.15, -0.1) is 0 Å². The first kappa shape index (κ1) is 57.6. The van der Waals surface area contributed by atoms with Gasteiger partial charge in [0.05, 0.1) is 26.2 Å². The van der Waals surface area contributed by atoms with Crippen LogP contribution in [0.1, 0.15) is 56.9 Å². The minimum absolute atomic E-state index is 0.0506. The van der Waals surface area contributed by atoms with Crippen molar-refractivity contribution in [3.63, 3.8) is 0 Å². The number of carbonyl (C=O) groups is 10. The number of fused-ring (bicyclic) bond motifs is 2. The van der Waals surface area contributed by atoms with E-state index in [1.54, 1.807) is 9.80 Å². The minimum Gasteiger partial charge on any atom is -0.481 e. The number of carboxylic acids is 6. The van der Waals surface area contributed by atoms with Gasteiger partial charge in [0.1, 0.15) is 18.1 Å². The number of nitrogens with zero attached hydrogens (tertiary/aromatic N) is 2. The maximum atomic E-state index is 13.9. The average Bonchev–Trinajstić information content (AvgIpc) is 3.87. The van der Waals surface area contributed by atoms with E-state index < -0.39 is 84.6 Å². The van der Waals surface area contributed by atoms with Crippen LogP contribution in [0.25, 0.3) is 10.8 Å². The van der Waals surface area contributed by atoms with Gasteiger partial charge in [-0.1, -0.05) is 42.5 Å². The Morgan fingerprint density at radius 3 is 1.78 bits per heavy atom. The molecule has 2 aromatic carbocycles. The van der Waals surface area contributed by atoms with Crippen molar-refractivity contribution >= 4 is 70.3 Å². The molecule has 0 heterocycles. The summed E-state index contributed by atoms with van der Waals surface area (Å²) in [4.78, 5) is 124. The second-order valence-electron chi connectivity index (χ2n) is 18.4. The van der Waals surface area contributed by atoms with Gasteiger partial charge in [0, 0.05) is 71.1 Å². The van der Waals surface area contributed by atoms with Crippen molar-refractivity contribution in [3.05, 3.63) is 48.0 Å². The highest BCUT2D eigenvalue weighted by Gasteiger charge is 2.58. The third-order valence-corrected chi connectivity index (χ3v) is 12.8. The molecule has 396 valence electrons. The van der Waals surface area contributed by atoms with E-state index in [1.165, 1.54) is 0 Å². The highest BCUT2D eigenvalue weighted by atomic mass is 16.4. The smallest absolute Gasteiger partial charge is 0.326 e. The van der Waals surface area contributed by atoms with Gasteiger partial charge in [-0.2, -0.15) is 0 Å². The number of amides is 5. The van der Waals surface area contributed by atoms with Gasteiger partial charge < -0.3 is 67.9 Å². The molecule has 2 bridgehead atoms. The van der Waals surface area contributed by atoms with E-state index in [1.807, 2.05) is 42.5 Å². The second kappa shape index (κ2) is 28.8. The van der Waals surface area contributed by atoms with Crippen LogP contribution in [-0.2, 0) is 49.6 Å². The molecule has 2 aromatic rings. The van der Waals surface area contributed by atoms with Crippen molar-refractivity contribution in [3.8, 4) is 0 Å². The zero-order valence-electron chi connectivity index (χ0n) is 39.9. The van der Waals surface area contributed by atoms with E-state index in [-0.39, 0.29) is 121 Å². The summed E-state index contributed by atoms with van der Waals surface area (Å²) >= 11 is 0. The lowest BCUT2D eigenvalue weighted by Gasteiger charge is -2.38. The summed E-state index contributed by atoms with van der Waals surface area (Å²) in [6.45, 7) is 0.823. The number of hydrogen-bond acceptors (Lipinski definition) is 14. The molecule has 25 nitrogen and oxygen atoms in total. The van der Waals surface area contributed by atoms with Crippen molar-refractivity contribution in [2.75, 3.05) is 78.5 Å². The van der Waals surface area contributed by atoms with E-state index in [4.69, 9.17) is 10.2 Å². The molecule has 0 aliphatic heterocycles. The van der Waals surface area contributed by atoms with Crippen LogP contribution in [0.3, 0.4) is 0 Å². The summed E-state index contributed by atoms with van der Waals surface area (Å²) in [6, 6.07) is 8.42. The molecule has 13 N–H and O–H groups in total. The lowest BCUT2D eigenvalue weighted by Crippen LogP contribution is -2.51. The number of nitrogens with one attached hydrogen (secondary N) is 7. The molecule has 5 amide bonds. The van der Waals surface area contributed by atoms with Crippen LogP contribution >= 0.6 is 0 Å². The monoisotopic (exact) mass is 1010 g/mol. The van der Waals surface area contributed by atoms with E-state index in [0.717, 1.165) is 16.3 Å². The summed E-state index contributed by atoms with van der Waals surface area (Å²) in [5, 5.41) is 76.0. The standard InChI is InChI=1S/C47H67N9O16/c57-37(24-48-13-15-55(26-40(62)63)17-18-56(27-41(64)65)16-14-49-25-39(60)61)51-28-47-21-32(22-47)33(23-47)42(66)52-36(20-29-8-9-30-5-1-2-6-31(30)19-29)43(67)50-12-4-3-7-34(44(68)69)53-46(72)54-35(45(70)71)10-11-38(58)59/h1-2,5-6,8-9,19,32-36,48-49H,3-4,7,10-18,20-28H2,(H,50,67)(H,51,57)(H,52,66)(H,58,59)(H,60,61)(H,62,63)(H,64,65)(H,68,69)(H,70,71)(H2,53,54,72)/t32?,33-,34?,35-,36-,47?/m0/s1. The number of rotatable bonds is 36. The summed E-state index contributed by atoms with van der Waals surface area (Å²) in [5.74, 6) is -8.75. The number of carbonyl (C=O) groups excluding carboxylic acids is 4. The summed E-state index contributed by atoms with van der Waals surface area (Å²) in [7, 11) is 0. The lowest BCUT2D eigenvalue weighted by atomic mass is 9.69. The van der Waals surface area contributed by atoms with Crippen molar-refractivity contribution in [2.45, 2.75) is 75.9 Å². The molecule has 0 radical (unpaired) electrons. The largest absolute Gasteiger partial charge is 0.481 e. The SMILES string of the molecule is O=C(O)CC[C@H](NC(=O)NC(CCCCNC(=O)[C@H](Cc1ccc2ccccc2c1)NC(=O)[C@H]1CC2(CNC(=O)CNCCN(CCN(CCNCC(=O)O)CC(=O)O)CC(=O)O)CC1C2)C(=O)O)C(=O)O. The Morgan fingerprint density at radius 1 is 0.597 bits per heavy atom. The Kier molecular flexibility index (Phi) is 23.0. The van der Waals surface area contributed by atoms with E-state index in [2.05, 4.69) is 37.2 Å². The van der Waals surface area contributed by atoms with Crippen LogP contribution in [-0.4, -0.2) is 197 Å². The van der Waals surface area contributed by atoms with Gasteiger partial charge in [0.15, 0.2) is 0 Å². The maximum absolute atomic E-state index is 13.9. The van der Waals surface area contributed by atoms with Crippen molar-refractivity contribution in [1.29, 1.82) is 0 Å². The van der Waals surface area contributed by atoms with E-state index in [0.29, 0.717) is 25.8 Å². The predicted molar refractivity (Wildman–Crippen MR) is 256 cm³/mol. The van der Waals surface area contributed by atoms with Crippen LogP contribution in [0, 0.1) is 17.3 Å². The Balaban J connectivity index is 1.25. The van der Waals surface area contributed by atoms with Gasteiger partial charge in [-0.25, -0.2) is 14.4 Å². The molecule has 0 spiro atoms. The number of benzene rings is 2. The number of carboxylic acid groups (broad SMARTS) is 6. The molecule has 0 aromatic heterocycles. The molecule has 3 aliphatic rings. The zero-order valence-corrected chi connectivity index (χ0v) is 39.9. The number of aliphatic carboxylic acids is 6. The second-order valence-corrected chi connectivity index (χ2v) is 18.4. The number of hydrogen-bond donors (Lipinski definition) is 13. The van der Waals surface area contributed by atoms with Gasteiger partial charge in [-0.05, 0) is 72.6 Å². The Hall–Kier alpha value is -6.96. The number of unbranched alkanes of at least 4 members (excludes halogenated alkanes) is 1. The molecule has 3 saturated carbocycles. The molecule has 25 heteroatoms. The summed E-state index contributed by atoms with van der Waals surface area (Å²) in [6.07, 6.45) is 1.57. The lowest BCUT2D eigenvalue weighted by molar-refractivity contribution is -0.141. The fourth-order valence-corrected chi connectivity index (χ4v) is 9.12. The molecule has 4 atom stereocenters. The topological polar surface area (TPSA) is 383 Å². The van der Waals surface area contributed by atoms with Crippen LogP contribution in [0.4, 0.5) is 4.79 Å². The summed E-state index contributed by atoms with van der Waals surface area (Å²) in [5.41, 5.74) is 0.500. The molecule has 72 heavy (non-hydrogen) atoms. The minimum atomic E-state index is -1.55. The number of urea groups is 1. The first-order valence-electron chi connectivity index (χ1n) is 23.8. The highest BCUT2D eigenvalue weighted by molar-refractivity contribution is 5.90. The molecule has 3 fully saturated rings. The Labute approximate surface area is 414 Å². The summed E-state index contributed by atoms with van der Waals surface area (Å²) < 4.78 is 0. The van der Waals surface area contributed by atoms with Gasteiger partial charge in [0.2, 0.25) is 17.7 Å². The molecule has 1 unspecified atom stereocenters. The van der Waals surface area contributed by atoms with Gasteiger partial charge in [0.25, 0.3) is 0 Å². The van der Waals surface area contributed by atoms with Gasteiger partial charge >= 0.3 is 41.8 Å². The first-order chi connectivity index (χ1) is 34.2. The normalized spacial score (nSPS) is 18.0. The Bertz CT molecular complexity index is 2240. The molecule has 0 saturated heterocycles. The molecular formula is C47H67N9O16. The van der Waals surface area contributed by atoms with Crippen molar-refractivity contribution in [2.24, 2.45) is 17.3 Å². The third-order valence-electron chi connectivity index (χ3n) is 12.8. The quantitative estimate of drug-likeness (QED) is 0.0356. The van der Waals surface area contributed by atoms with Crippen LogP contribution < -0.4 is 37.2 Å². The first-order valence-corrected chi connectivity index (χ1v) is 23.8. The van der Waals surface area contributed by atoms with Gasteiger partial charge in [-0.3, -0.25) is 43.4 Å². The highest BCUT2D eigenvalue weighted by Crippen LogP contribution is 2.61. The molecule has 3 aliphatic carbocycles. The Morgan fingerprint density at radius 2 is 1.19 bits per heavy atom. The zero-order chi connectivity index (χ0) is 52.8. The molecular weight excluding hydrogens is 947 g/mol. The van der Waals surface area contributed by atoms with Crippen molar-refractivity contribution < 1.29 is 78.6 Å².